The van der Waals surface area contributed by atoms with Gasteiger partial charge in [0.15, 0.2) is 0 Å². The molecule has 3 nitrogen and oxygen atoms in total. The van der Waals surface area contributed by atoms with Crippen molar-refractivity contribution in [2.75, 3.05) is 20.2 Å². The van der Waals surface area contributed by atoms with Crippen LogP contribution in [0, 0.1) is 0 Å². The van der Waals surface area contributed by atoms with Crippen molar-refractivity contribution in [2.24, 2.45) is 0 Å². The van der Waals surface area contributed by atoms with Gasteiger partial charge < -0.3 is 4.74 Å². The van der Waals surface area contributed by atoms with E-state index >= 15 is 0 Å². The maximum absolute atomic E-state index is 10.6. The van der Waals surface area contributed by atoms with Gasteiger partial charge in [-0.15, -0.1) is 0 Å². The molecule has 0 aliphatic heterocycles. The van der Waals surface area contributed by atoms with E-state index in [4.69, 9.17) is 4.74 Å². The highest BCUT2D eigenvalue weighted by molar-refractivity contribution is 14.1. The highest BCUT2D eigenvalue weighted by Gasteiger charge is 1.97. The zero-order valence-electron chi connectivity index (χ0n) is 6.26. The van der Waals surface area contributed by atoms with E-state index in [1.165, 1.54) is 0 Å². The zero-order valence-corrected chi connectivity index (χ0v) is 8.42. The van der Waals surface area contributed by atoms with E-state index < -0.39 is 0 Å². The van der Waals surface area contributed by atoms with Crippen LogP contribution in [-0.2, 0) is 9.53 Å². The van der Waals surface area contributed by atoms with E-state index in [0.717, 1.165) is 6.54 Å². The number of hydrogen-bond donors (Lipinski definition) is 0. The second kappa shape index (κ2) is 5.91. The van der Waals surface area contributed by atoms with Crippen LogP contribution >= 0.6 is 22.9 Å². The molecule has 0 atom stereocenters. The summed E-state index contributed by atoms with van der Waals surface area (Å²) in [5.74, 6) is -0.127. The number of ether oxygens (including phenoxy) is 1. The summed E-state index contributed by atoms with van der Waals surface area (Å²) >= 11 is 2.14. The second-order valence-electron chi connectivity index (χ2n) is 1.90. The molecule has 0 amide bonds. The first-order valence-corrected chi connectivity index (χ1v) is 4.15. The minimum Gasteiger partial charge on any atom is -0.464 e. The topological polar surface area (TPSA) is 29.5 Å². The van der Waals surface area contributed by atoms with Crippen LogP contribution in [0.3, 0.4) is 0 Å². The van der Waals surface area contributed by atoms with Crippen molar-refractivity contribution in [1.29, 1.82) is 0 Å². The minimum absolute atomic E-state index is 0.127. The zero-order chi connectivity index (χ0) is 7.98. The summed E-state index contributed by atoms with van der Waals surface area (Å²) in [5, 5.41) is 0. The van der Waals surface area contributed by atoms with Gasteiger partial charge in [0.05, 0.1) is 0 Å². The standard InChI is InChI=1S/C6H12INO2/c1-3-6(9)10-5-4-8(2)7/h3-5H2,1-2H3. The smallest absolute Gasteiger partial charge is 0.305 e. The minimum atomic E-state index is -0.127. The Morgan fingerprint density at radius 1 is 1.70 bits per heavy atom. The summed E-state index contributed by atoms with van der Waals surface area (Å²) in [4.78, 5) is 10.6. The van der Waals surface area contributed by atoms with Gasteiger partial charge in [-0.05, 0) is 7.05 Å². The fourth-order valence-electron chi connectivity index (χ4n) is 0.387. The van der Waals surface area contributed by atoms with Crippen LogP contribution in [0.4, 0.5) is 0 Å². The number of carbonyl (C=O) groups is 1. The Hall–Kier alpha value is 0.160. The van der Waals surface area contributed by atoms with Crippen molar-refractivity contribution < 1.29 is 9.53 Å². The Morgan fingerprint density at radius 3 is 2.70 bits per heavy atom. The molecule has 0 heterocycles. The molecule has 0 rings (SSSR count). The molecule has 0 saturated carbocycles. The molecular formula is C6H12INO2. The molecule has 0 radical (unpaired) electrons. The number of nitrogens with zero attached hydrogens (tertiary/aromatic N) is 1. The largest absolute Gasteiger partial charge is 0.464 e. The predicted molar refractivity (Wildman–Crippen MR) is 47.9 cm³/mol. The van der Waals surface area contributed by atoms with E-state index in [2.05, 4.69) is 22.9 Å². The average Bonchev–Trinajstić information content (AvgIpc) is 1.87. The third kappa shape index (κ3) is 6.28. The molecule has 0 aromatic heterocycles. The molecule has 0 fully saturated rings. The molecule has 4 heteroatoms. The number of likely N-dealkylation sites (N-methyl/N-ethyl adjacent to an activating group) is 1. The molecule has 0 aliphatic carbocycles. The molecule has 60 valence electrons. The quantitative estimate of drug-likeness (QED) is 0.431. The van der Waals surface area contributed by atoms with E-state index in [0.29, 0.717) is 13.0 Å². The Balaban J connectivity index is 3.12. The molecule has 0 aromatic carbocycles. The van der Waals surface area contributed by atoms with Crippen molar-refractivity contribution in [1.82, 2.24) is 3.11 Å². The summed E-state index contributed by atoms with van der Waals surface area (Å²) in [6, 6.07) is 0. The first kappa shape index (κ1) is 10.2. The van der Waals surface area contributed by atoms with Gasteiger partial charge in [-0.1, -0.05) is 6.92 Å². The van der Waals surface area contributed by atoms with E-state index in [9.17, 15) is 4.79 Å². The van der Waals surface area contributed by atoms with Crippen LogP contribution in [0.15, 0.2) is 0 Å². The summed E-state index contributed by atoms with van der Waals surface area (Å²) in [5.41, 5.74) is 0. The van der Waals surface area contributed by atoms with E-state index in [-0.39, 0.29) is 5.97 Å². The van der Waals surface area contributed by atoms with Crippen molar-refractivity contribution in [3.8, 4) is 0 Å². The fourth-order valence-corrected chi connectivity index (χ4v) is 0.584. The highest BCUT2D eigenvalue weighted by atomic mass is 127. The van der Waals surface area contributed by atoms with Crippen LogP contribution in [0.2, 0.25) is 0 Å². The van der Waals surface area contributed by atoms with Crippen molar-refractivity contribution in [3.63, 3.8) is 0 Å². The Kier molecular flexibility index (Phi) is 6.00. The van der Waals surface area contributed by atoms with Crippen LogP contribution in [0.1, 0.15) is 13.3 Å². The van der Waals surface area contributed by atoms with Gasteiger partial charge in [0.25, 0.3) is 0 Å². The average molecular weight is 257 g/mol. The van der Waals surface area contributed by atoms with Gasteiger partial charge >= 0.3 is 5.97 Å². The number of esters is 1. The molecule has 0 aliphatic rings. The normalized spacial score (nSPS) is 10.0. The first-order valence-electron chi connectivity index (χ1n) is 3.19. The summed E-state index contributed by atoms with van der Waals surface area (Å²) in [6.07, 6.45) is 0.463. The Morgan fingerprint density at radius 2 is 2.30 bits per heavy atom. The Bertz CT molecular complexity index is 106. The van der Waals surface area contributed by atoms with Gasteiger partial charge in [-0.2, -0.15) is 0 Å². The predicted octanol–water partition coefficient (Wildman–Crippen LogP) is 1.22. The lowest BCUT2D eigenvalue weighted by Crippen LogP contribution is -2.15. The van der Waals surface area contributed by atoms with Gasteiger partial charge in [-0.25, -0.2) is 3.11 Å². The molecule has 0 spiro atoms. The number of halogens is 1. The molecule has 0 bridgehead atoms. The number of hydrogen-bond acceptors (Lipinski definition) is 3. The summed E-state index contributed by atoms with van der Waals surface area (Å²) < 4.78 is 6.76. The highest BCUT2D eigenvalue weighted by Crippen LogP contribution is 1.92. The number of carbonyl (C=O) groups excluding carboxylic acids is 1. The maximum Gasteiger partial charge on any atom is 0.305 e. The SMILES string of the molecule is CCC(=O)OCCN(C)I. The molecule has 0 N–H and O–H groups in total. The summed E-state index contributed by atoms with van der Waals surface area (Å²) in [6.45, 7) is 3.06. The lowest BCUT2D eigenvalue weighted by atomic mass is 10.5. The third-order valence-electron chi connectivity index (χ3n) is 0.951. The van der Waals surface area contributed by atoms with Gasteiger partial charge in [0.2, 0.25) is 0 Å². The number of rotatable bonds is 4. The first-order chi connectivity index (χ1) is 4.66. The van der Waals surface area contributed by atoms with E-state index in [1.54, 1.807) is 6.92 Å². The van der Waals surface area contributed by atoms with Crippen LogP contribution < -0.4 is 0 Å². The van der Waals surface area contributed by atoms with Crippen LogP contribution in [0.5, 0.6) is 0 Å². The Labute approximate surface area is 75.2 Å². The van der Waals surface area contributed by atoms with Gasteiger partial charge in [-0.3, -0.25) is 4.79 Å². The fraction of sp³-hybridized carbons (Fsp3) is 0.833. The van der Waals surface area contributed by atoms with Gasteiger partial charge in [0, 0.05) is 35.8 Å². The molecule has 0 saturated heterocycles. The molecule has 10 heavy (non-hydrogen) atoms. The van der Waals surface area contributed by atoms with E-state index in [1.807, 2.05) is 10.2 Å². The lowest BCUT2D eigenvalue weighted by molar-refractivity contribution is -0.143. The monoisotopic (exact) mass is 257 g/mol. The molecular weight excluding hydrogens is 245 g/mol. The molecule has 0 unspecified atom stereocenters. The maximum atomic E-state index is 10.6. The summed E-state index contributed by atoms with van der Waals surface area (Å²) in [7, 11) is 1.93. The van der Waals surface area contributed by atoms with Crippen molar-refractivity contribution in [2.45, 2.75) is 13.3 Å². The lowest BCUT2D eigenvalue weighted by Gasteiger charge is -2.06. The third-order valence-corrected chi connectivity index (χ3v) is 1.43. The van der Waals surface area contributed by atoms with Gasteiger partial charge in [0.1, 0.15) is 6.61 Å². The molecule has 0 aromatic rings. The second-order valence-corrected chi connectivity index (χ2v) is 3.55. The van der Waals surface area contributed by atoms with Crippen molar-refractivity contribution in [3.05, 3.63) is 0 Å². The van der Waals surface area contributed by atoms with Crippen LogP contribution in [0.25, 0.3) is 0 Å². The van der Waals surface area contributed by atoms with Crippen LogP contribution in [-0.4, -0.2) is 29.3 Å². The van der Waals surface area contributed by atoms with Crippen molar-refractivity contribution >= 4 is 28.8 Å².